The molecule has 2 aliphatic rings. The molecule has 0 bridgehead atoms. The highest BCUT2D eigenvalue weighted by Crippen LogP contribution is 2.40. The van der Waals surface area contributed by atoms with E-state index in [-0.39, 0.29) is 12.4 Å². The number of benzene rings is 1. The van der Waals surface area contributed by atoms with Crippen LogP contribution < -0.4 is 10.6 Å². The summed E-state index contributed by atoms with van der Waals surface area (Å²) in [5.74, 6) is 0.945. The van der Waals surface area contributed by atoms with Gasteiger partial charge in [0.1, 0.15) is 0 Å². The first kappa shape index (κ1) is 16.3. The number of hydrogen-bond donors (Lipinski definition) is 2. The van der Waals surface area contributed by atoms with Crippen molar-refractivity contribution in [3.8, 4) is 0 Å². The summed E-state index contributed by atoms with van der Waals surface area (Å²) in [5.41, 5.74) is 6.29. The minimum Gasteiger partial charge on any atom is -0.353 e. The van der Waals surface area contributed by atoms with E-state index in [2.05, 4.69) is 33.9 Å². The minimum absolute atomic E-state index is 0. The normalized spacial score (nSPS) is 19.8. The van der Waals surface area contributed by atoms with Crippen molar-refractivity contribution in [3.63, 3.8) is 0 Å². The first-order chi connectivity index (χ1) is 10.7. The summed E-state index contributed by atoms with van der Waals surface area (Å²) in [4.78, 5) is 0. The maximum Gasteiger partial charge on any atom is 0.0828 e. The fraction of sp³-hybridized carbons (Fsp3) is 0.500. The van der Waals surface area contributed by atoms with Gasteiger partial charge >= 0.3 is 0 Å². The summed E-state index contributed by atoms with van der Waals surface area (Å²) in [5, 5.41) is 11.6. The van der Waals surface area contributed by atoms with Crippen LogP contribution in [0.5, 0.6) is 0 Å². The van der Waals surface area contributed by atoms with Crippen molar-refractivity contribution in [1.82, 2.24) is 15.1 Å². The number of nitrogens with zero attached hydrogens (tertiary/aromatic N) is 2. The van der Waals surface area contributed by atoms with Gasteiger partial charge in [-0.3, -0.25) is 4.68 Å². The van der Waals surface area contributed by atoms with Crippen LogP contribution in [0.1, 0.15) is 42.1 Å². The molecule has 2 N–H and O–H groups in total. The molecule has 1 aliphatic carbocycles. The van der Waals surface area contributed by atoms with Crippen LogP contribution in [-0.4, -0.2) is 16.3 Å². The molecule has 23 heavy (non-hydrogen) atoms. The van der Waals surface area contributed by atoms with E-state index in [0.29, 0.717) is 6.04 Å². The molecule has 0 amide bonds. The van der Waals surface area contributed by atoms with Gasteiger partial charge in [0.25, 0.3) is 0 Å². The van der Waals surface area contributed by atoms with Crippen LogP contribution in [0, 0.1) is 12.8 Å². The Hall–Kier alpha value is -1.52. The Morgan fingerprint density at radius 3 is 2.87 bits per heavy atom. The number of halogens is 1. The average molecular weight is 333 g/mol. The molecule has 2 aromatic rings. The van der Waals surface area contributed by atoms with Crippen LogP contribution in [0.2, 0.25) is 0 Å². The Labute approximate surface area is 144 Å². The summed E-state index contributed by atoms with van der Waals surface area (Å²) in [7, 11) is 1.96. The van der Waals surface area contributed by atoms with E-state index >= 15 is 0 Å². The number of aromatic nitrogens is 2. The quantitative estimate of drug-likeness (QED) is 0.892. The van der Waals surface area contributed by atoms with Gasteiger partial charge in [0, 0.05) is 25.0 Å². The topological polar surface area (TPSA) is 41.9 Å². The van der Waals surface area contributed by atoms with Crippen LogP contribution >= 0.6 is 12.4 Å². The molecule has 1 fully saturated rings. The summed E-state index contributed by atoms with van der Waals surface area (Å²) < 4.78 is 1.85. The Kier molecular flexibility index (Phi) is 4.64. The van der Waals surface area contributed by atoms with Gasteiger partial charge in [-0.15, -0.1) is 12.4 Å². The van der Waals surface area contributed by atoms with Gasteiger partial charge in [-0.1, -0.05) is 18.9 Å². The van der Waals surface area contributed by atoms with Gasteiger partial charge in [-0.05, 0) is 55.5 Å². The molecule has 1 aromatic carbocycles. The molecule has 2 heterocycles. The van der Waals surface area contributed by atoms with Gasteiger partial charge in [0.05, 0.1) is 11.4 Å². The average Bonchev–Trinajstić information content (AvgIpc) is 3.25. The molecule has 1 saturated carbocycles. The van der Waals surface area contributed by atoms with E-state index in [1.165, 1.54) is 36.1 Å². The number of rotatable bonds is 4. The van der Waals surface area contributed by atoms with Crippen molar-refractivity contribution in [3.05, 3.63) is 41.2 Å². The van der Waals surface area contributed by atoms with Gasteiger partial charge in [-0.2, -0.15) is 5.10 Å². The highest BCUT2D eigenvalue weighted by Gasteiger charge is 2.28. The van der Waals surface area contributed by atoms with E-state index in [1.54, 1.807) is 0 Å². The van der Waals surface area contributed by atoms with E-state index in [4.69, 9.17) is 0 Å². The monoisotopic (exact) mass is 332 g/mol. The molecular formula is C18H25ClN4. The molecule has 1 unspecified atom stereocenters. The smallest absolute Gasteiger partial charge is 0.0828 e. The van der Waals surface area contributed by atoms with E-state index in [0.717, 1.165) is 30.3 Å². The van der Waals surface area contributed by atoms with Crippen molar-refractivity contribution >= 4 is 23.8 Å². The molecule has 0 saturated heterocycles. The lowest BCUT2D eigenvalue weighted by Gasteiger charge is -2.27. The van der Waals surface area contributed by atoms with Crippen LogP contribution in [0.15, 0.2) is 24.4 Å². The van der Waals surface area contributed by atoms with Crippen LogP contribution in [-0.2, 0) is 13.5 Å². The third kappa shape index (κ3) is 3.54. The summed E-state index contributed by atoms with van der Waals surface area (Å²) in [6.45, 7) is 3.15. The third-order valence-electron chi connectivity index (χ3n) is 4.86. The lowest BCUT2D eigenvalue weighted by molar-refractivity contribution is 0.453. The van der Waals surface area contributed by atoms with E-state index < -0.39 is 0 Å². The number of nitrogens with one attached hydrogen (secondary N) is 2. The molecule has 4 nitrogen and oxygen atoms in total. The van der Waals surface area contributed by atoms with Gasteiger partial charge in [0.15, 0.2) is 0 Å². The molecule has 4 rings (SSSR count). The van der Waals surface area contributed by atoms with E-state index in [1.807, 2.05) is 24.9 Å². The van der Waals surface area contributed by atoms with Crippen molar-refractivity contribution in [2.24, 2.45) is 13.0 Å². The largest absolute Gasteiger partial charge is 0.353 e. The Bertz CT molecular complexity index is 690. The number of hydrogen-bond acceptors (Lipinski definition) is 3. The molecule has 5 heteroatoms. The minimum atomic E-state index is 0. The highest BCUT2D eigenvalue weighted by atomic mass is 35.5. The fourth-order valence-electron chi connectivity index (χ4n) is 3.49. The number of fused-ring (bicyclic) bond motifs is 1. The standard InChI is InChI=1S/C18H24N4.ClH/c1-12-18(11-22(2)21-12)20-15-6-5-14-7-8-19-17(16(14)10-15)9-13-3-4-13;/h5-6,10-11,13,17,19-20H,3-4,7-9H2,1-2H3;1H. The third-order valence-corrected chi connectivity index (χ3v) is 4.86. The zero-order chi connectivity index (χ0) is 15.1. The summed E-state index contributed by atoms with van der Waals surface area (Å²) in [6.07, 6.45) is 7.31. The molecule has 0 spiro atoms. The van der Waals surface area contributed by atoms with Gasteiger partial charge in [0.2, 0.25) is 0 Å². The molecule has 124 valence electrons. The number of anilines is 2. The molecule has 1 aliphatic heterocycles. The van der Waals surface area contributed by atoms with Gasteiger partial charge in [-0.25, -0.2) is 0 Å². The lowest BCUT2D eigenvalue weighted by atomic mass is 9.90. The molecule has 1 atom stereocenters. The van der Waals surface area contributed by atoms with Crippen molar-refractivity contribution in [2.45, 2.75) is 38.6 Å². The van der Waals surface area contributed by atoms with Crippen LogP contribution in [0.3, 0.4) is 0 Å². The lowest BCUT2D eigenvalue weighted by Crippen LogP contribution is -2.30. The zero-order valence-electron chi connectivity index (χ0n) is 13.8. The number of aryl methyl sites for hydroxylation is 2. The summed E-state index contributed by atoms with van der Waals surface area (Å²) in [6, 6.07) is 7.36. The molecule has 0 radical (unpaired) electrons. The Morgan fingerprint density at radius 1 is 1.35 bits per heavy atom. The second-order valence-corrected chi connectivity index (χ2v) is 6.78. The van der Waals surface area contributed by atoms with Crippen molar-refractivity contribution in [2.75, 3.05) is 11.9 Å². The first-order valence-electron chi connectivity index (χ1n) is 8.32. The van der Waals surface area contributed by atoms with Crippen molar-refractivity contribution < 1.29 is 0 Å². The Morgan fingerprint density at radius 2 is 2.17 bits per heavy atom. The zero-order valence-corrected chi connectivity index (χ0v) is 14.6. The maximum absolute atomic E-state index is 4.40. The summed E-state index contributed by atoms with van der Waals surface area (Å²) >= 11 is 0. The SMILES string of the molecule is Cc1nn(C)cc1Nc1ccc2c(c1)C(CC1CC1)NCC2.Cl. The Balaban J connectivity index is 0.00000156. The maximum atomic E-state index is 4.40. The second-order valence-electron chi connectivity index (χ2n) is 6.78. The van der Waals surface area contributed by atoms with Crippen LogP contribution in [0.4, 0.5) is 11.4 Å². The van der Waals surface area contributed by atoms with Crippen LogP contribution in [0.25, 0.3) is 0 Å². The fourth-order valence-corrected chi connectivity index (χ4v) is 3.49. The molecule has 1 aromatic heterocycles. The highest BCUT2D eigenvalue weighted by molar-refractivity contribution is 5.85. The van der Waals surface area contributed by atoms with Crippen molar-refractivity contribution in [1.29, 1.82) is 0 Å². The second kappa shape index (κ2) is 6.54. The predicted molar refractivity (Wildman–Crippen MR) is 96.7 cm³/mol. The predicted octanol–water partition coefficient (Wildman–Crippen LogP) is 3.88. The van der Waals surface area contributed by atoms with E-state index in [9.17, 15) is 0 Å². The molecular weight excluding hydrogens is 308 g/mol. The first-order valence-corrected chi connectivity index (χ1v) is 8.32. The van der Waals surface area contributed by atoms with Gasteiger partial charge < -0.3 is 10.6 Å².